The molecule has 0 bridgehead atoms. The molecule has 0 saturated heterocycles. The van der Waals surface area contributed by atoms with Crippen LogP contribution in [-0.4, -0.2) is 52.0 Å². The predicted octanol–water partition coefficient (Wildman–Crippen LogP) is 1.70. The van der Waals surface area contributed by atoms with Gasteiger partial charge in [-0.25, -0.2) is 9.97 Å². The van der Waals surface area contributed by atoms with E-state index in [0.717, 1.165) is 0 Å². The van der Waals surface area contributed by atoms with Crippen molar-refractivity contribution in [3.8, 4) is 11.4 Å². The molecular weight excluding hydrogens is 464 g/mol. The fourth-order valence-electron chi connectivity index (χ4n) is 3.68. The number of carbonyl (C=O) groups is 3. The molecule has 1 unspecified atom stereocenters. The average Bonchev–Trinajstić information content (AvgIpc) is 3.09. The van der Waals surface area contributed by atoms with Crippen LogP contribution in [0.3, 0.4) is 0 Å². The smallest absolute Gasteiger partial charge is 0.267 e. The van der Waals surface area contributed by atoms with Crippen LogP contribution in [0.4, 0.5) is 11.5 Å². The van der Waals surface area contributed by atoms with E-state index in [9.17, 15) is 19.5 Å². The monoisotopic (exact) mass is 488 g/mol. The topological polar surface area (TPSA) is 174 Å². The first-order valence-corrected chi connectivity index (χ1v) is 11.0. The van der Waals surface area contributed by atoms with Crippen molar-refractivity contribution in [2.24, 2.45) is 11.5 Å². The lowest BCUT2D eigenvalue weighted by molar-refractivity contribution is -0.121. The van der Waals surface area contributed by atoms with Crippen LogP contribution >= 0.6 is 0 Å². The number of amides is 3. The number of hydrogen-bond acceptors (Lipinski definition) is 8. The molecule has 1 aliphatic carbocycles. The molecule has 11 heteroatoms. The van der Waals surface area contributed by atoms with E-state index < -0.39 is 17.9 Å². The second-order valence-corrected chi connectivity index (χ2v) is 8.27. The first-order valence-electron chi connectivity index (χ1n) is 11.0. The molecule has 1 aliphatic heterocycles. The minimum Gasteiger partial charge on any atom is -0.501 e. The molecule has 2 heterocycles. The van der Waals surface area contributed by atoms with Crippen LogP contribution < -0.4 is 21.7 Å². The highest BCUT2D eigenvalue weighted by Crippen LogP contribution is 2.28. The van der Waals surface area contributed by atoms with E-state index in [2.05, 4.69) is 21.0 Å². The number of allylic oxidation sites excluding steroid dienone is 1. The summed E-state index contributed by atoms with van der Waals surface area (Å²) < 4.78 is 5.72. The van der Waals surface area contributed by atoms with Gasteiger partial charge in [0.2, 0.25) is 5.91 Å². The number of nitrogens with two attached hydrogens (primary N) is 2. The average molecular weight is 489 g/mol. The summed E-state index contributed by atoms with van der Waals surface area (Å²) in [5, 5.41) is 12.7. The fourth-order valence-corrected chi connectivity index (χ4v) is 3.68. The third kappa shape index (κ3) is 5.11. The molecule has 1 atom stereocenters. The van der Waals surface area contributed by atoms with E-state index in [-0.39, 0.29) is 42.2 Å². The number of hydrogen-bond donors (Lipinski definition) is 4. The number of aliphatic hydroxyl groups excluding tert-OH is 1. The number of aliphatic hydroxyl groups is 1. The zero-order valence-electron chi connectivity index (χ0n) is 19.6. The fraction of sp³-hybridized carbons (Fsp3) is 0.200. The van der Waals surface area contributed by atoms with Gasteiger partial charge in [-0.1, -0.05) is 5.73 Å². The second-order valence-electron chi connectivity index (χ2n) is 8.27. The van der Waals surface area contributed by atoms with Crippen molar-refractivity contribution in [3.05, 3.63) is 76.6 Å². The first-order chi connectivity index (χ1) is 17.1. The van der Waals surface area contributed by atoms with Gasteiger partial charge in [0.1, 0.15) is 23.3 Å². The summed E-state index contributed by atoms with van der Waals surface area (Å²) in [6.07, 6.45) is 3.13. The minimum atomic E-state index is -0.759. The Hall–Kier alpha value is -4.89. The Morgan fingerprint density at radius 1 is 1.22 bits per heavy atom. The van der Waals surface area contributed by atoms with Gasteiger partial charge >= 0.3 is 0 Å². The molecule has 3 amide bonds. The molecular formula is C25H24N6O5. The normalized spacial score (nSPS) is 16.2. The number of carbonyl (C=O) groups excluding carboxylic acids is 3. The van der Waals surface area contributed by atoms with Gasteiger partial charge in [0, 0.05) is 22.9 Å². The Morgan fingerprint density at radius 3 is 2.61 bits per heavy atom. The number of primary amides is 2. The minimum absolute atomic E-state index is 0.0244. The van der Waals surface area contributed by atoms with Crippen molar-refractivity contribution >= 4 is 29.2 Å². The van der Waals surface area contributed by atoms with Crippen LogP contribution in [0.25, 0.3) is 11.4 Å². The predicted molar refractivity (Wildman–Crippen MR) is 132 cm³/mol. The maximum atomic E-state index is 12.8. The van der Waals surface area contributed by atoms with Crippen LogP contribution in [0.5, 0.6) is 0 Å². The van der Waals surface area contributed by atoms with E-state index in [0.29, 0.717) is 28.2 Å². The lowest BCUT2D eigenvalue weighted by atomic mass is 10.1. The van der Waals surface area contributed by atoms with E-state index >= 15 is 0 Å². The number of nitrogens with one attached hydrogen (secondary N) is 1. The van der Waals surface area contributed by atoms with E-state index in [1.807, 2.05) is 0 Å². The Bertz CT molecular complexity index is 1390. The Balaban J connectivity index is 1.65. The van der Waals surface area contributed by atoms with Gasteiger partial charge in [-0.15, -0.1) is 0 Å². The number of ether oxygens (including phenoxy) is 1. The Labute approximate surface area is 206 Å². The lowest BCUT2D eigenvalue weighted by Gasteiger charge is -2.21. The number of nitrogens with zero attached hydrogens (tertiary/aromatic N) is 3. The zero-order chi connectivity index (χ0) is 26.0. The summed E-state index contributed by atoms with van der Waals surface area (Å²) in [6.45, 7) is 3.39. The molecule has 6 N–H and O–H groups in total. The Morgan fingerprint density at radius 2 is 1.94 bits per heavy atom. The highest BCUT2D eigenvalue weighted by Gasteiger charge is 2.25. The van der Waals surface area contributed by atoms with Crippen molar-refractivity contribution in [1.82, 2.24) is 9.97 Å². The molecule has 0 spiro atoms. The summed E-state index contributed by atoms with van der Waals surface area (Å²) in [5.41, 5.74) is 16.0. The summed E-state index contributed by atoms with van der Waals surface area (Å²) in [6, 6.07) is 7.43. The second kappa shape index (κ2) is 9.77. The van der Waals surface area contributed by atoms with E-state index in [4.69, 9.17) is 16.2 Å². The SMILES string of the molecule is CC1=CC(O)=C=CC2=C1OCC(=O)N(c1ccc(-c3nc(NC(C)C(N)=O)cc(C(N)=O)n3)cc1)C2. The summed E-state index contributed by atoms with van der Waals surface area (Å²) in [5.74, 6) is -0.688. The molecule has 4 rings (SSSR count). The Kier molecular flexibility index (Phi) is 6.58. The molecule has 184 valence electrons. The molecule has 2 aromatic rings. The van der Waals surface area contributed by atoms with Crippen LogP contribution in [0.2, 0.25) is 0 Å². The molecule has 0 fully saturated rings. The van der Waals surface area contributed by atoms with Gasteiger partial charge in [-0.3, -0.25) is 14.4 Å². The number of rotatable bonds is 6. The molecule has 2 aliphatic rings. The molecule has 1 aromatic carbocycles. The van der Waals surface area contributed by atoms with Crippen molar-refractivity contribution in [3.63, 3.8) is 0 Å². The van der Waals surface area contributed by atoms with Gasteiger partial charge in [-0.2, -0.15) is 0 Å². The highest BCUT2D eigenvalue weighted by atomic mass is 16.5. The maximum absolute atomic E-state index is 12.8. The molecule has 0 saturated carbocycles. The molecule has 11 nitrogen and oxygen atoms in total. The third-order valence-electron chi connectivity index (χ3n) is 5.57. The van der Waals surface area contributed by atoms with Crippen LogP contribution in [0.1, 0.15) is 24.3 Å². The van der Waals surface area contributed by atoms with Crippen molar-refractivity contribution in [2.45, 2.75) is 19.9 Å². The van der Waals surface area contributed by atoms with Crippen LogP contribution in [0.15, 0.2) is 70.9 Å². The molecule has 36 heavy (non-hydrogen) atoms. The van der Waals surface area contributed by atoms with Crippen LogP contribution in [0, 0.1) is 0 Å². The van der Waals surface area contributed by atoms with Gasteiger partial charge in [0.15, 0.2) is 18.2 Å². The number of benzene rings is 1. The first kappa shape index (κ1) is 24.2. The lowest BCUT2D eigenvalue weighted by Crippen LogP contribution is -2.33. The summed E-state index contributed by atoms with van der Waals surface area (Å²) in [7, 11) is 0. The number of aromatic nitrogens is 2. The van der Waals surface area contributed by atoms with Crippen LogP contribution in [-0.2, 0) is 14.3 Å². The third-order valence-corrected chi connectivity index (χ3v) is 5.57. The van der Waals surface area contributed by atoms with Gasteiger partial charge < -0.3 is 31.5 Å². The molecule has 0 radical (unpaired) electrons. The van der Waals surface area contributed by atoms with Gasteiger partial charge in [-0.05, 0) is 55.8 Å². The van der Waals surface area contributed by atoms with Crippen molar-refractivity contribution in [1.29, 1.82) is 0 Å². The van der Waals surface area contributed by atoms with Crippen molar-refractivity contribution < 1.29 is 24.2 Å². The summed E-state index contributed by atoms with van der Waals surface area (Å²) in [4.78, 5) is 46.2. The summed E-state index contributed by atoms with van der Waals surface area (Å²) >= 11 is 0. The van der Waals surface area contributed by atoms with Gasteiger partial charge in [0.25, 0.3) is 11.8 Å². The number of anilines is 2. The standard InChI is InChI=1S/C25H24N6O5/c1-13-9-18(32)8-5-16-11-31(21(33)12-36-22(13)16)17-6-3-15(4-7-17)25-29-19(24(27)35)10-20(30-25)28-14(2)23(26)34/h3-7,9-10,14,32H,11-12H2,1-2H3,(H2,26,34)(H2,27,35)(H,28,29,30). The molecule has 1 aromatic heterocycles. The van der Waals surface area contributed by atoms with E-state index in [1.54, 1.807) is 49.1 Å². The van der Waals surface area contributed by atoms with Gasteiger partial charge in [0.05, 0.1) is 6.54 Å². The van der Waals surface area contributed by atoms with Crippen molar-refractivity contribution in [2.75, 3.05) is 23.4 Å². The highest BCUT2D eigenvalue weighted by molar-refractivity contribution is 5.96. The quantitative estimate of drug-likeness (QED) is 0.445. The zero-order valence-corrected chi connectivity index (χ0v) is 19.6. The maximum Gasteiger partial charge on any atom is 0.267 e. The van der Waals surface area contributed by atoms with E-state index in [1.165, 1.54) is 12.1 Å². The largest absolute Gasteiger partial charge is 0.501 e.